The molecule has 0 aliphatic heterocycles. The van der Waals surface area contributed by atoms with E-state index in [9.17, 15) is 4.79 Å². The molecule has 1 amide bonds. The van der Waals surface area contributed by atoms with Crippen molar-refractivity contribution in [3.63, 3.8) is 0 Å². The first kappa shape index (κ1) is 7.32. The maximum atomic E-state index is 10.9. The lowest BCUT2D eigenvalue weighted by Crippen LogP contribution is -2.30. The van der Waals surface area contributed by atoms with Crippen LogP contribution in [0.1, 0.15) is 19.8 Å². The molecule has 1 rings (SSSR count). The van der Waals surface area contributed by atoms with Crippen molar-refractivity contribution in [3.05, 3.63) is 12.7 Å². The molecule has 1 aliphatic rings. The highest BCUT2D eigenvalue weighted by molar-refractivity contribution is 5.74. The third-order valence-corrected chi connectivity index (χ3v) is 1.72. The van der Waals surface area contributed by atoms with Gasteiger partial charge < -0.3 is 4.90 Å². The molecule has 0 N–H and O–H groups in total. The van der Waals surface area contributed by atoms with Crippen molar-refractivity contribution >= 4 is 5.91 Å². The Labute approximate surface area is 61.5 Å². The van der Waals surface area contributed by atoms with Gasteiger partial charge in [0.05, 0.1) is 0 Å². The molecule has 1 saturated carbocycles. The van der Waals surface area contributed by atoms with Gasteiger partial charge in [-0.25, -0.2) is 0 Å². The largest absolute Gasteiger partial charge is 0.336 e. The van der Waals surface area contributed by atoms with Gasteiger partial charge in [0.2, 0.25) is 5.91 Å². The number of carbonyl (C=O) groups excluding carboxylic acids is 1. The second kappa shape index (κ2) is 2.86. The lowest BCUT2D eigenvalue weighted by molar-refractivity contribution is -0.128. The van der Waals surface area contributed by atoms with Crippen LogP contribution in [-0.4, -0.2) is 23.4 Å². The minimum Gasteiger partial charge on any atom is -0.336 e. The summed E-state index contributed by atoms with van der Waals surface area (Å²) in [6.45, 7) is 5.92. The fourth-order valence-corrected chi connectivity index (χ4v) is 1.06. The van der Waals surface area contributed by atoms with E-state index in [0.717, 1.165) is 0 Å². The van der Waals surface area contributed by atoms with Crippen LogP contribution < -0.4 is 0 Å². The average molecular weight is 139 g/mol. The highest BCUT2D eigenvalue weighted by Crippen LogP contribution is 2.26. The summed E-state index contributed by atoms with van der Waals surface area (Å²) < 4.78 is 0. The van der Waals surface area contributed by atoms with Gasteiger partial charge in [-0.2, -0.15) is 0 Å². The summed E-state index contributed by atoms with van der Waals surface area (Å²) in [5.74, 6) is 0.169. The van der Waals surface area contributed by atoms with Crippen LogP contribution in [0.5, 0.6) is 0 Å². The van der Waals surface area contributed by atoms with Crippen molar-refractivity contribution in [2.75, 3.05) is 6.54 Å². The van der Waals surface area contributed by atoms with Gasteiger partial charge in [-0.3, -0.25) is 4.79 Å². The van der Waals surface area contributed by atoms with Gasteiger partial charge in [0.25, 0.3) is 0 Å². The van der Waals surface area contributed by atoms with E-state index in [2.05, 4.69) is 6.58 Å². The molecule has 10 heavy (non-hydrogen) atoms. The number of hydrogen-bond donors (Lipinski definition) is 0. The number of amides is 1. The van der Waals surface area contributed by atoms with E-state index in [1.807, 2.05) is 4.90 Å². The van der Waals surface area contributed by atoms with E-state index in [1.54, 1.807) is 13.0 Å². The summed E-state index contributed by atoms with van der Waals surface area (Å²) in [7, 11) is 0. The zero-order chi connectivity index (χ0) is 7.56. The van der Waals surface area contributed by atoms with Gasteiger partial charge in [0.1, 0.15) is 0 Å². The Kier molecular flexibility index (Phi) is 2.10. The second-order valence-electron chi connectivity index (χ2n) is 2.69. The molecule has 1 fully saturated rings. The Bertz CT molecular complexity index is 149. The van der Waals surface area contributed by atoms with Gasteiger partial charge in [0.15, 0.2) is 0 Å². The molecule has 0 heterocycles. The highest BCUT2D eigenvalue weighted by Gasteiger charge is 2.29. The molecule has 0 aromatic carbocycles. The molecule has 0 atom stereocenters. The van der Waals surface area contributed by atoms with E-state index in [0.29, 0.717) is 12.6 Å². The van der Waals surface area contributed by atoms with Crippen molar-refractivity contribution in [3.8, 4) is 0 Å². The number of rotatable bonds is 3. The summed E-state index contributed by atoms with van der Waals surface area (Å²) in [6, 6.07) is 0.524. The molecular formula is C8H13NO. The van der Waals surface area contributed by atoms with Crippen LogP contribution in [0.4, 0.5) is 0 Å². The van der Waals surface area contributed by atoms with Crippen molar-refractivity contribution in [1.29, 1.82) is 0 Å². The Morgan fingerprint density at radius 2 is 2.40 bits per heavy atom. The van der Waals surface area contributed by atoms with Crippen molar-refractivity contribution < 1.29 is 4.79 Å². The number of hydrogen-bond acceptors (Lipinski definition) is 1. The van der Waals surface area contributed by atoms with Gasteiger partial charge in [-0.05, 0) is 12.8 Å². The summed E-state index contributed by atoms with van der Waals surface area (Å²) in [5.41, 5.74) is 0. The van der Waals surface area contributed by atoms with E-state index < -0.39 is 0 Å². The molecule has 0 spiro atoms. The zero-order valence-electron chi connectivity index (χ0n) is 6.34. The first-order chi connectivity index (χ1) is 4.75. The molecular weight excluding hydrogens is 126 g/mol. The number of carbonyl (C=O) groups is 1. The van der Waals surface area contributed by atoms with E-state index in [4.69, 9.17) is 0 Å². The van der Waals surface area contributed by atoms with Crippen molar-refractivity contribution in [2.24, 2.45) is 0 Å². The predicted octanol–water partition coefficient (Wildman–Crippen LogP) is 1.18. The quantitative estimate of drug-likeness (QED) is 0.538. The maximum absolute atomic E-state index is 10.9. The normalized spacial score (nSPS) is 16.5. The smallest absolute Gasteiger partial charge is 0.219 e. The SMILES string of the molecule is C=CCN(C(C)=O)C1CC1. The molecule has 0 aromatic heterocycles. The summed E-state index contributed by atoms with van der Waals surface area (Å²) >= 11 is 0. The lowest BCUT2D eigenvalue weighted by Gasteiger charge is -2.17. The summed E-state index contributed by atoms with van der Waals surface area (Å²) in [5, 5.41) is 0. The van der Waals surface area contributed by atoms with Crippen LogP contribution in [0, 0.1) is 0 Å². The molecule has 0 aromatic rings. The Morgan fingerprint density at radius 3 is 2.70 bits per heavy atom. The summed E-state index contributed by atoms with van der Waals surface area (Å²) in [4.78, 5) is 12.8. The van der Waals surface area contributed by atoms with E-state index in [-0.39, 0.29) is 5.91 Å². The third kappa shape index (κ3) is 1.59. The van der Waals surface area contributed by atoms with Gasteiger partial charge in [0, 0.05) is 19.5 Å². The molecule has 0 bridgehead atoms. The van der Waals surface area contributed by atoms with Crippen LogP contribution >= 0.6 is 0 Å². The Hall–Kier alpha value is -0.790. The fraction of sp³-hybridized carbons (Fsp3) is 0.625. The lowest BCUT2D eigenvalue weighted by atomic mass is 10.4. The van der Waals surface area contributed by atoms with Crippen LogP contribution in [0.15, 0.2) is 12.7 Å². The summed E-state index contributed by atoms with van der Waals surface area (Å²) in [6.07, 6.45) is 4.13. The Balaban J connectivity index is 2.41. The topological polar surface area (TPSA) is 20.3 Å². The number of nitrogens with zero attached hydrogens (tertiary/aromatic N) is 1. The molecule has 56 valence electrons. The van der Waals surface area contributed by atoms with Crippen LogP contribution in [0.25, 0.3) is 0 Å². The molecule has 1 aliphatic carbocycles. The van der Waals surface area contributed by atoms with E-state index in [1.165, 1.54) is 12.8 Å². The molecule has 2 nitrogen and oxygen atoms in total. The van der Waals surface area contributed by atoms with Crippen molar-refractivity contribution in [1.82, 2.24) is 4.90 Å². The predicted molar refractivity (Wildman–Crippen MR) is 40.6 cm³/mol. The minimum absolute atomic E-state index is 0.169. The Morgan fingerprint density at radius 1 is 1.80 bits per heavy atom. The second-order valence-corrected chi connectivity index (χ2v) is 2.69. The molecule has 0 unspecified atom stereocenters. The monoisotopic (exact) mass is 139 g/mol. The standard InChI is InChI=1S/C8H13NO/c1-3-6-9(7(2)10)8-4-5-8/h3,8H,1,4-6H2,2H3. The van der Waals surface area contributed by atoms with E-state index >= 15 is 0 Å². The fourth-order valence-electron chi connectivity index (χ4n) is 1.06. The van der Waals surface area contributed by atoms with Crippen molar-refractivity contribution in [2.45, 2.75) is 25.8 Å². The third-order valence-electron chi connectivity index (χ3n) is 1.72. The maximum Gasteiger partial charge on any atom is 0.219 e. The average Bonchev–Trinajstić information content (AvgIpc) is 2.63. The minimum atomic E-state index is 0.169. The van der Waals surface area contributed by atoms with Gasteiger partial charge >= 0.3 is 0 Å². The van der Waals surface area contributed by atoms with Gasteiger partial charge in [-0.1, -0.05) is 6.08 Å². The first-order valence-electron chi connectivity index (χ1n) is 3.64. The molecule has 2 heteroatoms. The van der Waals surface area contributed by atoms with Crippen LogP contribution in [-0.2, 0) is 4.79 Å². The zero-order valence-corrected chi connectivity index (χ0v) is 6.34. The van der Waals surface area contributed by atoms with Gasteiger partial charge in [-0.15, -0.1) is 6.58 Å². The van der Waals surface area contributed by atoms with Crippen LogP contribution in [0.2, 0.25) is 0 Å². The highest BCUT2D eigenvalue weighted by atomic mass is 16.2. The van der Waals surface area contributed by atoms with Crippen LogP contribution in [0.3, 0.4) is 0 Å². The molecule has 0 saturated heterocycles. The molecule has 0 radical (unpaired) electrons. The first-order valence-corrected chi connectivity index (χ1v) is 3.64.